The molecule has 0 atom stereocenters. The third-order valence-corrected chi connectivity index (χ3v) is 2.33. The summed E-state index contributed by atoms with van der Waals surface area (Å²) in [5.74, 6) is -0.197. The average Bonchev–Trinajstić information content (AvgIpc) is 2.41. The second-order valence-electron chi connectivity index (χ2n) is 3.73. The fraction of sp³-hybridized carbons (Fsp3) is 0.0714. The van der Waals surface area contributed by atoms with Gasteiger partial charge in [0.15, 0.2) is 0 Å². The number of nitrogens with zero attached hydrogens (tertiary/aromatic N) is 2. The molecule has 2 rings (SSSR count). The van der Waals surface area contributed by atoms with Crippen LogP contribution in [-0.2, 0) is 4.79 Å². The van der Waals surface area contributed by atoms with E-state index in [-0.39, 0.29) is 5.91 Å². The van der Waals surface area contributed by atoms with Crippen LogP contribution in [0.15, 0.2) is 60.0 Å². The average molecular weight is 239 g/mol. The molecule has 0 aliphatic heterocycles. The number of hydrogen-bond donors (Lipinski definition) is 1. The van der Waals surface area contributed by atoms with Gasteiger partial charge in [-0.05, 0) is 12.1 Å². The lowest BCUT2D eigenvalue weighted by Gasteiger charge is -2.06. The van der Waals surface area contributed by atoms with E-state index in [1.165, 1.54) is 6.92 Å². The highest BCUT2D eigenvalue weighted by molar-refractivity contribution is 6.13. The van der Waals surface area contributed by atoms with Gasteiger partial charge in [-0.3, -0.25) is 9.78 Å². The second kappa shape index (κ2) is 5.72. The van der Waals surface area contributed by atoms with E-state index in [0.717, 1.165) is 11.1 Å². The number of amides is 1. The Morgan fingerprint density at radius 3 is 2.28 bits per heavy atom. The maximum atomic E-state index is 11.0. The summed E-state index contributed by atoms with van der Waals surface area (Å²) in [6.45, 7) is 1.43. The zero-order valence-corrected chi connectivity index (χ0v) is 10.00. The number of hydrogen-bond acceptors (Lipinski definition) is 3. The van der Waals surface area contributed by atoms with Crippen molar-refractivity contribution in [2.24, 2.45) is 5.10 Å². The molecule has 0 saturated heterocycles. The number of pyridine rings is 1. The predicted octanol–water partition coefficient (Wildman–Crippen LogP) is 1.97. The molecular weight excluding hydrogens is 226 g/mol. The molecule has 1 N–H and O–H groups in total. The van der Waals surface area contributed by atoms with Gasteiger partial charge < -0.3 is 0 Å². The number of aromatic nitrogens is 1. The van der Waals surface area contributed by atoms with Crippen LogP contribution in [0.1, 0.15) is 18.1 Å². The molecule has 4 heteroatoms. The van der Waals surface area contributed by atoms with E-state index < -0.39 is 0 Å². The Bertz CT molecular complexity index is 508. The minimum atomic E-state index is -0.197. The summed E-state index contributed by atoms with van der Waals surface area (Å²) in [7, 11) is 0. The summed E-state index contributed by atoms with van der Waals surface area (Å²) < 4.78 is 0. The molecule has 1 aromatic heterocycles. The Balaban J connectivity index is 2.42. The van der Waals surface area contributed by atoms with Crippen molar-refractivity contribution in [1.29, 1.82) is 0 Å². The van der Waals surface area contributed by atoms with Crippen LogP contribution in [0.3, 0.4) is 0 Å². The summed E-state index contributed by atoms with van der Waals surface area (Å²) in [6.07, 6.45) is 3.39. The van der Waals surface area contributed by atoms with Gasteiger partial charge in [0.05, 0.1) is 5.71 Å². The molecule has 1 amide bonds. The van der Waals surface area contributed by atoms with Crippen LogP contribution in [0.25, 0.3) is 0 Å². The molecule has 4 nitrogen and oxygen atoms in total. The van der Waals surface area contributed by atoms with Crippen LogP contribution in [0.2, 0.25) is 0 Å². The molecule has 0 aliphatic rings. The van der Waals surface area contributed by atoms with Crippen LogP contribution >= 0.6 is 0 Å². The largest absolute Gasteiger partial charge is 0.274 e. The van der Waals surface area contributed by atoms with Gasteiger partial charge in [0.1, 0.15) is 0 Å². The molecule has 0 unspecified atom stereocenters. The summed E-state index contributed by atoms with van der Waals surface area (Å²) in [5, 5.41) is 4.15. The van der Waals surface area contributed by atoms with Crippen molar-refractivity contribution in [3.8, 4) is 0 Å². The van der Waals surface area contributed by atoms with E-state index in [1.54, 1.807) is 12.4 Å². The van der Waals surface area contributed by atoms with E-state index in [2.05, 4.69) is 15.5 Å². The van der Waals surface area contributed by atoms with Crippen molar-refractivity contribution in [3.63, 3.8) is 0 Å². The Hall–Kier alpha value is -2.49. The molecule has 2 aromatic rings. The van der Waals surface area contributed by atoms with Crippen LogP contribution < -0.4 is 5.43 Å². The SMILES string of the molecule is CC(=O)N/N=C(\c1ccccc1)c1ccncc1. The van der Waals surface area contributed by atoms with E-state index in [4.69, 9.17) is 0 Å². The summed E-state index contributed by atoms with van der Waals surface area (Å²) in [4.78, 5) is 15.0. The monoisotopic (exact) mass is 239 g/mol. The lowest BCUT2D eigenvalue weighted by molar-refractivity contribution is -0.118. The van der Waals surface area contributed by atoms with E-state index in [9.17, 15) is 4.79 Å². The number of hydrazone groups is 1. The first-order chi connectivity index (χ1) is 8.77. The Kier molecular flexibility index (Phi) is 3.81. The smallest absolute Gasteiger partial charge is 0.236 e. The zero-order chi connectivity index (χ0) is 12.8. The first-order valence-corrected chi connectivity index (χ1v) is 5.57. The zero-order valence-electron chi connectivity index (χ0n) is 10.00. The molecule has 0 fully saturated rings. The number of carbonyl (C=O) groups is 1. The summed E-state index contributed by atoms with van der Waals surface area (Å²) in [6, 6.07) is 13.4. The normalized spacial score (nSPS) is 11.1. The highest BCUT2D eigenvalue weighted by Crippen LogP contribution is 2.09. The Morgan fingerprint density at radius 1 is 1.06 bits per heavy atom. The predicted molar refractivity (Wildman–Crippen MR) is 70.1 cm³/mol. The Morgan fingerprint density at radius 2 is 1.67 bits per heavy atom. The van der Waals surface area contributed by atoms with Gasteiger partial charge in [-0.25, -0.2) is 5.43 Å². The second-order valence-corrected chi connectivity index (χ2v) is 3.73. The lowest BCUT2D eigenvalue weighted by Crippen LogP contribution is -2.17. The fourth-order valence-electron chi connectivity index (χ4n) is 1.54. The summed E-state index contributed by atoms with van der Waals surface area (Å²) >= 11 is 0. The van der Waals surface area contributed by atoms with Gasteiger partial charge in [0.25, 0.3) is 0 Å². The van der Waals surface area contributed by atoms with Gasteiger partial charge >= 0.3 is 0 Å². The van der Waals surface area contributed by atoms with Gasteiger partial charge in [-0.2, -0.15) is 5.10 Å². The van der Waals surface area contributed by atoms with Crippen molar-refractivity contribution in [2.75, 3.05) is 0 Å². The van der Waals surface area contributed by atoms with Crippen LogP contribution in [0.5, 0.6) is 0 Å². The first kappa shape index (κ1) is 12.0. The first-order valence-electron chi connectivity index (χ1n) is 5.57. The summed E-state index contributed by atoms with van der Waals surface area (Å²) in [5.41, 5.74) is 5.04. The number of nitrogens with one attached hydrogen (secondary N) is 1. The molecular formula is C14H13N3O. The van der Waals surface area contributed by atoms with Crippen LogP contribution in [0.4, 0.5) is 0 Å². The lowest BCUT2D eigenvalue weighted by atomic mass is 10.0. The molecule has 0 aliphatic carbocycles. The maximum absolute atomic E-state index is 11.0. The molecule has 0 saturated carbocycles. The van der Waals surface area contributed by atoms with Gasteiger partial charge in [0.2, 0.25) is 5.91 Å². The molecule has 18 heavy (non-hydrogen) atoms. The topological polar surface area (TPSA) is 54.4 Å². The molecule has 1 heterocycles. The van der Waals surface area contributed by atoms with E-state index in [1.807, 2.05) is 42.5 Å². The van der Waals surface area contributed by atoms with Gasteiger partial charge in [0, 0.05) is 30.4 Å². The number of benzene rings is 1. The molecule has 0 radical (unpaired) electrons. The highest BCUT2D eigenvalue weighted by atomic mass is 16.2. The van der Waals surface area contributed by atoms with Crippen LogP contribution in [0, 0.1) is 0 Å². The quantitative estimate of drug-likeness (QED) is 0.657. The third-order valence-electron chi connectivity index (χ3n) is 2.33. The number of carbonyl (C=O) groups excluding carboxylic acids is 1. The molecule has 0 spiro atoms. The van der Waals surface area contributed by atoms with Crippen molar-refractivity contribution in [2.45, 2.75) is 6.92 Å². The molecule has 0 bridgehead atoms. The van der Waals surface area contributed by atoms with Crippen molar-refractivity contribution in [3.05, 3.63) is 66.0 Å². The Labute approximate surface area is 105 Å². The van der Waals surface area contributed by atoms with Crippen LogP contribution in [-0.4, -0.2) is 16.6 Å². The van der Waals surface area contributed by atoms with Gasteiger partial charge in [-0.1, -0.05) is 30.3 Å². The molecule has 1 aromatic carbocycles. The van der Waals surface area contributed by atoms with Crippen molar-refractivity contribution >= 4 is 11.6 Å². The number of rotatable bonds is 3. The minimum absolute atomic E-state index is 0.197. The van der Waals surface area contributed by atoms with Crippen molar-refractivity contribution < 1.29 is 4.79 Å². The maximum Gasteiger partial charge on any atom is 0.236 e. The minimum Gasteiger partial charge on any atom is -0.274 e. The van der Waals surface area contributed by atoms with Gasteiger partial charge in [-0.15, -0.1) is 0 Å². The third kappa shape index (κ3) is 3.01. The standard InChI is InChI=1S/C14H13N3O/c1-11(18)16-17-14(12-5-3-2-4-6-12)13-7-9-15-10-8-13/h2-10H,1H3,(H,16,18)/b17-14+. The van der Waals surface area contributed by atoms with Crippen molar-refractivity contribution in [1.82, 2.24) is 10.4 Å². The van der Waals surface area contributed by atoms with E-state index in [0.29, 0.717) is 5.71 Å². The molecule has 90 valence electrons. The van der Waals surface area contributed by atoms with E-state index >= 15 is 0 Å². The fourth-order valence-corrected chi connectivity index (χ4v) is 1.54. The highest BCUT2D eigenvalue weighted by Gasteiger charge is 2.06.